The van der Waals surface area contributed by atoms with Crippen LogP contribution in [0.3, 0.4) is 0 Å². The molecule has 2 rings (SSSR count). The summed E-state index contributed by atoms with van der Waals surface area (Å²) in [5, 5.41) is 0. The summed E-state index contributed by atoms with van der Waals surface area (Å²) < 4.78 is 39.1. The minimum atomic E-state index is -4.70. The number of rotatable bonds is 2. The average molecular weight is 345 g/mol. The molecule has 0 saturated heterocycles. The van der Waals surface area contributed by atoms with Gasteiger partial charge in [0.05, 0.1) is 5.56 Å². The van der Waals surface area contributed by atoms with Crippen molar-refractivity contribution in [1.29, 1.82) is 0 Å². The number of alkyl halides is 3. The molecule has 2 N–H and O–H groups in total. The van der Waals surface area contributed by atoms with E-state index in [1.807, 2.05) is 0 Å². The molecule has 0 fully saturated rings. The summed E-state index contributed by atoms with van der Waals surface area (Å²) in [7, 11) is 0. The van der Waals surface area contributed by atoms with Gasteiger partial charge in [0.25, 0.3) is 0 Å². The molecule has 0 bridgehead atoms. The van der Waals surface area contributed by atoms with E-state index < -0.39 is 23.2 Å². The molecule has 0 amide bonds. The number of carbonyl (C=O) groups is 1. The molecule has 0 radical (unpaired) electrons. The zero-order valence-corrected chi connectivity index (χ0v) is 11.5. The maximum absolute atomic E-state index is 12.8. The summed E-state index contributed by atoms with van der Waals surface area (Å²) in [6.45, 7) is 0. The van der Waals surface area contributed by atoms with E-state index in [4.69, 9.17) is 5.73 Å². The lowest BCUT2D eigenvalue weighted by Crippen LogP contribution is -2.16. The number of nitrogen functional groups attached to an aromatic ring is 1. The van der Waals surface area contributed by atoms with Crippen LogP contribution in [0.25, 0.3) is 0 Å². The second-order valence-electron chi connectivity index (χ2n) is 3.96. The fourth-order valence-corrected chi connectivity index (χ4v) is 2.05. The molecule has 1 aromatic heterocycles. The molecule has 0 aliphatic heterocycles. The highest BCUT2D eigenvalue weighted by Gasteiger charge is 2.37. The highest BCUT2D eigenvalue weighted by atomic mass is 79.9. The van der Waals surface area contributed by atoms with Crippen LogP contribution in [0.15, 0.2) is 41.0 Å². The van der Waals surface area contributed by atoms with E-state index in [0.29, 0.717) is 4.47 Å². The Labute approximate surface area is 120 Å². The zero-order chi connectivity index (χ0) is 14.9. The van der Waals surface area contributed by atoms with Crippen molar-refractivity contribution in [2.75, 3.05) is 5.73 Å². The third-order valence-corrected chi connectivity index (χ3v) is 3.07. The lowest BCUT2D eigenvalue weighted by Gasteiger charge is -2.11. The number of aromatic nitrogens is 1. The Balaban J connectivity index is 2.57. The standard InChI is InChI=1S/C13H8BrF3N2O/c14-7-3-4-10(18)9(6-7)11(20)8-2-1-5-19-12(8)13(15,16)17/h1-6H,18H2. The second-order valence-corrected chi connectivity index (χ2v) is 4.87. The van der Waals surface area contributed by atoms with Crippen molar-refractivity contribution in [2.24, 2.45) is 0 Å². The summed E-state index contributed by atoms with van der Waals surface area (Å²) in [6.07, 6.45) is -3.71. The number of carbonyl (C=O) groups excluding carboxylic acids is 1. The van der Waals surface area contributed by atoms with Gasteiger partial charge in [0, 0.05) is 21.9 Å². The van der Waals surface area contributed by atoms with Crippen LogP contribution in [0.5, 0.6) is 0 Å². The molecule has 3 nitrogen and oxygen atoms in total. The van der Waals surface area contributed by atoms with E-state index in [9.17, 15) is 18.0 Å². The molecular weight excluding hydrogens is 337 g/mol. The molecule has 1 aromatic carbocycles. The van der Waals surface area contributed by atoms with Gasteiger partial charge in [0.2, 0.25) is 0 Å². The predicted molar refractivity (Wildman–Crippen MR) is 71.2 cm³/mol. The third kappa shape index (κ3) is 2.82. The number of nitrogens with zero attached hydrogens (tertiary/aromatic N) is 1. The highest BCUT2D eigenvalue weighted by Crippen LogP contribution is 2.32. The Hall–Kier alpha value is -1.89. The van der Waals surface area contributed by atoms with E-state index in [2.05, 4.69) is 20.9 Å². The van der Waals surface area contributed by atoms with Crippen LogP contribution in [-0.4, -0.2) is 10.8 Å². The van der Waals surface area contributed by atoms with Crippen molar-refractivity contribution >= 4 is 27.4 Å². The number of hydrogen-bond acceptors (Lipinski definition) is 3. The predicted octanol–water partition coefficient (Wildman–Crippen LogP) is 3.68. The molecule has 0 aliphatic rings. The smallest absolute Gasteiger partial charge is 0.398 e. The maximum atomic E-state index is 12.8. The molecule has 2 aromatic rings. The van der Waals surface area contributed by atoms with Crippen molar-refractivity contribution < 1.29 is 18.0 Å². The summed E-state index contributed by atoms with van der Waals surface area (Å²) in [5.41, 5.74) is 4.01. The summed E-state index contributed by atoms with van der Waals surface area (Å²) in [4.78, 5) is 15.5. The minimum absolute atomic E-state index is 0.00197. The monoisotopic (exact) mass is 344 g/mol. The maximum Gasteiger partial charge on any atom is 0.434 e. The number of ketones is 1. The summed E-state index contributed by atoms with van der Waals surface area (Å²) in [6, 6.07) is 6.78. The van der Waals surface area contributed by atoms with Gasteiger partial charge in [-0.3, -0.25) is 9.78 Å². The lowest BCUT2D eigenvalue weighted by molar-refractivity contribution is -0.141. The van der Waals surface area contributed by atoms with Gasteiger partial charge in [0.15, 0.2) is 11.5 Å². The molecule has 0 saturated carbocycles. The van der Waals surface area contributed by atoms with Crippen LogP contribution in [0, 0.1) is 0 Å². The SMILES string of the molecule is Nc1ccc(Br)cc1C(=O)c1cccnc1C(F)(F)F. The van der Waals surface area contributed by atoms with Gasteiger partial charge in [-0.15, -0.1) is 0 Å². The first kappa shape index (κ1) is 14.5. The molecule has 0 atom stereocenters. The minimum Gasteiger partial charge on any atom is -0.398 e. The average Bonchev–Trinajstić information content (AvgIpc) is 2.40. The van der Waals surface area contributed by atoms with Gasteiger partial charge in [-0.05, 0) is 30.3 Å². The van der Waals surface area contributed by atoms with Crippen LogP contribution < -0.4 is 5.73 Å². The number of halogens is 4. The van der Waals surface area contributed by atoms with Gasteiger partial charge in [-0.1, -0.05) is 15.9 Å². The number of anilines is 1. The highest BCUT2D eigenvalue weighted by molar-refractivity contribution is 9.10. The van der Waals surface area contributed by atoms with Crippen LogP contribution in [-0.2, 0) is 6.18 Å². The van der Waals surface area contributed by atoms with Crippen molar-refractivity contribution in [3.63, 3.8) is 0 Å². The Morgan fingerprint density at radius 2 is 1.90 bits per heavy atom. The number of pyridine rings is 1. The fourth-order valence-electron chi connectivity index (χ4n) is 1.68. The molecule has 0 aliphatic carbocycles. The summed E-state index contributed by atoms with van der Waals surface area (Å²) >= 11 is 3.15. The van der Waals surface area contributed by atoms with Gasteiger partial charge in [-0.25, -0.2) is 0 Å². The van der Waals surface area contributed by atoms with Crippen LogP contribution in [0.2, 0.25) is 0 Å². The third-order valence-electron chi connectivity index (χ3n) is 2.58. The van der Waals surface area contributed by atoms with Crippen molar-refractivity contribution in [2.45, 2.75) is 6.18 Å². The quantitative estimate of drug-likeness (QED) is 0.667. The fraction of sp³-hybridized carbons (Fsp3) is 0.0769. The largest absolute Gasteiger partial charge is 0.434 e. The van der Waals surface area contributed by atoms with E-state index in [1.165, 1.54) is 18.2 Å². The molecule has 0 unspecified atom stereocenters. The van der Waals surface area contributed by atoms with Crippen molar-refractivity contribution in [1.82, 2.24) is 4.98 Å². The van der Waals surface area contributed by atoms with Crippen LogP contribution in [0.1, 0.15) is 21.6 Å². The molecule has 20 heavy (non-hydrogen) atoms. The molecule has 7 heteroatoms. The van der Waals surface area contributed by atoms with Crippen LogP contribution >= 0.6 is 15.9 Å². The van der Waals surface area contributed by atoms with Crippen molar-refractivity contribution in [3.8, 4) is 0 Å². The van der Waals surface area contributed by atoms with Gasteiger partial charge in [0.1, 0.15) is 0 Å². The van der Waals surface area contributed by atoms with E-state index in [-0.39, 0.29) is 11.3 Å². The van der Waals surface area contributed by atoms with Crippen molar-refractivity contribution in [3.05, 3.63) is 57.8 Å². The van der Waals surface area contributed by atoms with E-state index >= 15 is 0 Å². The van der Waals surface area contributed by atoms with Gasteiger partial charge >= 0.3 is 6.18 Å². The first-order valence-corrected chi connectivity index (χ1v) is 6.22. The number of benzene rings is 1. The number of nitrogens with two attached hydrogens (primary N) is 1. The van der Waals surface area contributed by atoms with Crippen LogP contribution in [0.4, 0.5) is 18.9 Å². The van der Waals surface area contributed by atoms with E-state index in [1.54, 1.807) is 6.07 Å². The van der Waals surface area contributed by atoms with Gasteiger partial charge in [-0.2, -0.15) is 13.2 Å². The molecule has 1 heterocycles. The van der Waals surface area contributed by atoms with E-state index in [0.717, 1.165) is 12.3 Å². The Morgan fingerprint density at radius 1 is 1.20 bits per heavy atom. The first-order valence-electron chi connectivity index (χ1n) is 5.42. The Bertz CT molecular complexity index is 671. The second kappa shape index (κ2) is 5.24. The topological polar surface area (TPSA) is 56.0 Å². The number of hydrogen-bond donors (Lipinski definition) is 1. The lowest BCUT2D eigenvalue weighted by atomic mass is 10.0. The Kier molecular flexibility index (Phi) is 3.80. The first-order chi connectivity index (χ1) is 9.30. The molecule has 104 valence electrons. The Morgan fingerprint density at radius 3 is 2.55 bits per heavy atom. The molecule has 0 spiro atoms. The normalized spacial score (nSPS) is 11.4. The van der Waals surface area contributed by atoms with Gasteiger partial charge < -0.3 is 5.73 Å². The molecular formula is C13H8BrF3N2O. The zero-order valence-electron chi connectivity index (χ0n) is 9.91. The summed E-state index contributed by atoms with van der Waals surface area (Å²) in [5.74, 6) is -0.816.